The molecule has 0 atom stereocenters. The number of anilines is 1. The van der Waals surface area contributed by atoms with Gasteiger partial charge >= 0.3 is 0 Å². The van der Waals surface area contributed by atoms with Gasteiger partial charge in [-0.25, -0.2) is 0 Å². The molecule has 4 nitrogen and oxygen atoms in total. The van der Waals surface area contributed by atoms with Gasteiger partial charge in [0.25, 0.3) is 0 Å². The van der Waals surface area contributed by atoms with Gasteiger partial charge in [0.2, 0.25) is 5.91 Å². The van der Waals surface area contributed by atoms with E-state index >= 15 is 0 Å². The third-order valence-electron chi connectivity index (χ3n) is 0.932. The summed E-state index contributed by atoms with van der Waals surface area (Å²) in [5, 5.41) is 6.03. The molecule has 0 bridgehead atoms. The molecule has 0 aliphatic heterocycles. The summed E-state index contributed by atoms with van der Waals surface area (Å²) in [6.07, 6.45) is 0. The number of carbonyl (C=O) groups excluding carboxylic acids is 1. The predicted octanol–water partition coefficient (Wildman–Crippen LogP) is 0.941. The minimum absolute atomic E-state index is 0.145. The molecular formula is C6H8N2O2. The first-order valence-electron chi connectivity index (χ1n) is 2.89. The first-order valence-corrected chi connectivity index (χ1v) is 2.89. The van der Waals surface area contributed by atoms with E-state index < -0.39 is 0 Å². The minimum atomic E-state index is -0.145. The van der Waals surface area contributed by atoms with Crippen LogP contribution in [0.25, 0.3) is 0 Å². The predicted molar refractivity (Wildman–Crippen MR) is 35.5 cm³/mol. The van der Waals surface area contributed by atoms with Crippen molar-refractivity contribution in [2.24, 2.45) is 0 Å². The number of rotatable bonds is 1. The third kappa shape index (κ3) is 1.58. The smallest absolute Gasteiger partial charge is 0.222 e. The molecule has 10 heavy (non-hydrogen) atoms. The standard InChI is InChI=1S/C6H8N2O2/c1-4-3-6(8-10-4)7-5(2)9/h3H,1-2H3,(H,7,8,9). The van der Waals surface area contributed by atoms with Crippen LogP contribution in [-0.2, 0) is 4.79 Å². The number of aromatic nitrogens is 1. The van der Waals surface area contributed by atoms with Crippen LogP contribution in [0.1, 0.15) is 12.7 Å². The number of hydrogen-bond donors (Lipinski definition) is 1. The molecule has 0 unspecified atom stereocenters. The fraction of sp³-hybridized carbons (Fsp3) is 0.333. The van der Waals surface area contributed by atoms with Crippen LogP contribution in [0, 0.1) is 6.92 Å². The molecule has 0 saturated heterocycles. The fourth-order valence-electron chi connectivity index (χ4n) is 0.606. The Kier molecular flexibility index (Phi) is 1.71. The van der Waals surface area contributed by atoms with E-state index in [0.29, 0.717) is 11.6 Å². The molecule has 0 aliphatic carbocycles. The summed E-state index contributed by atoms with van der Waals surface area (Å²) in [4.78, 5) is 10.4. The van der Waals surface area contributed by atoms with Crippen LogP contribution in [0.5, 0.6) is 0 Å². The molecule has 1 heterocycles. The van der Waals surface area contributed by atoms with Gasteiger partial charge in [-0.1, -0.05) is 5.16 Å². The number of nitrogens with zero attached hydrogens (tertiary/aromatic N) is 1. The summed E-state index contributed by atoms with van der Waals surface area (Å²) >= 11 is 0. The third-order valence-corrected chi connectivity index (χ3v) is 0.932. The number of aryl methyl sites for hydroxylation is 1. The topological polar surface area (TPSA) is 55.1 Å². The van der Waals surface area contributed by atoms with Crippen molar-refractivity contribution in [2.75, 3.05) is 5.32 Å². The number of carbonyl (C=O) groups is 1. The van der Waals surface area contributed by atoms with Gasteiger partial charge in [0, 0.05) is 13.0 Å². The van der Waals surface area contributed by atoms with Crippen LogP contribution in [0.2, 0.25) is 0 Å². The Morgan fingerprint density at radius 2 is 2.50 bits per heavy atom. The Morgan fingerprint density at radius 1 is 1.80 bits per heavy atom. The Hall–Kier alpha value is -1.32. The van der Waals surface area contributed by atoms with Crippen LogP contribution in [0.3, 0.4) is 0 Å². The van der Waals surface area contributed by atoms with E-state index in [1.165, 1.54) is 6.92 Å². The van der Waals surface area contributed by atoms with Crippen molar-refractivity contribution in [1.29, 1.82) is 0 Å². The lowest BCUT2D eigenvalue weighted by atomic mass is 10.5. The van der Waals surface area contributed by atoms with Crippen molar-refractivity contribution >= 4 is 11.7 Å². The van der Waals surface area contributed by atoms with Crippen LogP contribution in [-0.4, -0.2) is 11.1 Å². The van der Waals surface area contributed by atoms with Crippen LogP contribution in [0.4, 0.5) is 5.82 Å². The summed E-state index contributed by atoms with van der Waals surface area (Å²) in [7, 11) is 0. The van der Waals surface area contributed by atoms with Crippen molar-refractivity contribution in [2.45, 2.75) is 13.8 Å². The van der Waals surface area contributed by atoms with Gasteiger partial charge in [-0.05, 0) is 6.92 Å². The van der Waals surface area contributed by atoms with E-state index in [-0.39, 0.29) is 5.91 Å². The van der Waals surface area contributed by atoms with Crippen molar-refractivity contribution in [3.63, 3.8) is 0 Å². The van der Waals surface area contributed by atoms with Crippen molar-refractivity contribution in [3.05, 3.63) is 11.8 Å². The highest BCUT2D eigenvalue weighted by Gasteiger charge is 1.99. The zero-order valence-electron chi connectivity index (χ0n) is 5.84. The maximum atomic E-state index is 10.4. The molecule has 0 spiro atoms. The second-order valence-corrected chi connectivity index (χ2v) is 2.00. The molecule has 54 valence electrons. The van der Waals surface area contributed by atoms with Crippen LogP contribution >= 0.6 is 0 Å². The average Bonchev–Trinajstić information content (AvgIpc) is 2.13. The van der Waals surface area contributed by atoms with E-state index in [0.717, 1.165) is 0 Å². The van der Waals surface area contributed by atoms with Gasteiger partial charge < -0.3 is 9.84 Å². The van der Waals surface area contributed by atoms with Crippen molar-refractivity contribution in [3.8, 4) is 0 Å². The summed E-state index contributed by atoms with van der Waals surface area (Å²) in [6.45, 7) is 3.18. The Labute approximate surface area is 58.2 Å². The first-order chi connectivity index (χ1) is 4.68. The average molecular weight is 140 g/mol. The lowest BCUT2D eigenvalue weighted by Gasteiger charge is -1.89. The Bertz CT molecular complexity index is 242. The minimum Gasteiger partial charge on any atom is -0.360 e. The van der Waals surface area contributed by atoms with E-state index in [1.54, 1.807) is 13.0 Å². The van der Waals surface area contributed by atoms with E-state index in [9.17, 15) is 4.79 Å². The number of amides is 1. The summed E-state index contributed by atoms with van der Waals surface area (Å²) in [6, 6.07) is 1.65. The molecule has 1 N–H and O–H groups in total. The second-order valence-electron chi connectivity index (χ2n) is 2.00. The highest BCUT2D eigenvalue weighted by atomic mass is 16.5. The summed E-state index contributed by atoms with van der Waals surface area (Å²) in [5.74, 6) is 1.00. The van der Waals surface area contributed by atoms with E-state index in [2.05, 4.69) is 10.5 Å². The normalized spacial score (nSPS) is 9.40. The molecular weight excluding hydrogens is 132 g/mol. The molecule has 0 radical (unpaired) electrons. The highest BCUT2D eigenvalue weighted by molar-refractivity contribution is 5.87. The Balaban J connectivity index is 2.67. The Morgan fingerprint density at radius 3 is 2.90 bits per heavy atom. The van der Waals surface area contributed by atoms with Gasteiger partial charge in [0.05, 0.1) is 0 Å². The molecule has 4 heteroatoms. The van der Waals surface area contributed by atoms with E-state index in [1.807, 2.05) is 0 Å². The van der Waals surface area contributed by atoms with Gasteiger partial charge in [0.1, 0.15) is 5.76 Å². The number of nitrogens with one attached hydrogen (secondary N) is 1. The largest absolute Gasteiger partial charge is 0.360 e. The molecule has 1 aromatic heterocycles. The zero-order valence-corrected chi connectivity index (χ0v) is 5.84. The van der Waals surface area contributed by atoms with E-state index in [4.69, 9.17) is 4.52 Å². The maximum Gasteiger partial charge on any atom is 0.222 e. The monoisotopic (exact) mass is 140 g/mol. The zero-order chi connectivity index (χ0) is 7.56. The SMILES string of the molecule is CC(=O)Nc1cc(C)on1. The maximum absolute atomic E-state index is 10.4. The lowest BCUT2D eigenvalue weighted by Crippen LogP contribution is -2.05. The molecule has 0 saturated carbocycles. The van der Waals surface area contributed by atoms with Gasteiger partial charge in [-0.15, -0.1) is 0 Å². The molecule has 0 aromatic carbocycles. The molecule has 0 fully saturated rings. The molecule has 1 amide bonds. The van der Waals surface area contributed by atoms with Gasteiger partial charge in [-0.2, -0.15) is 0 Å². The van der Waals surface area contributed by atoms with Gasteiger partial charge in [0.15, 0.2) is 5.82 Å². The van der Waals surface area contributed by atoms with Gasteiger partial charge in [-0.3, -0.25) is 4.79 Å². The lowest BCUT2D eigenvalue weighted by molar-refractivity contribution is -0.114. The molecule has 0 aliphatic rings. The highest BCUT2D eigenvalue weighted by Crippen LogP contribution is 2.05. The quantitative estimate of drug-likeness (QED) is 0.631. The summed E-state index contributed by atoms with van der Waals surface area (Å²) in [5.41, 5.74) is 0. The molecule has 1 aromatic rings. The fourth-order valence-corrected chi connectivity index (χ4v) is 0.606. The van der Waals surface area contributed by atoms with Crippen molar-refractivity contribution in [1.82, 2.24) is 5.16 Å². The van der Waals surface area contributed by atoms with Crippen molar-refractivity contribution < 1.29 is 9.32 Å². The second kappa shape index (κ2) is 2.51. The van der Waals surface area contributed by atoms with Crippen LogP contribution < -0.4 is 5.32 Å². The summed E-state index contributed by atoms with van der Waals surface area (Å²) < 4.78 is 4.70. The first kappa shape index (κ1) is 6.80. The van der Waals surface area contributed by atoms with Crippen LogP contribution in [0.15, 0.2) is 10.6 Å². The molecule has 1 rings (SSSR count). The number of hydrogen-bond acceptors (Lipinski definition) is 3.